The molecule has 2 amide bonds. The number of hydrazone groups is 1. The van der Waals surface area contributed by atoms with Gasteiger partial charge < -0.3 is 19.3 Å². The zero-order valence-corrected chi connectivity index (χ0v) is 16.2. The second-order valence-electron chi connectivity index (χ2n) is 6.10. The first-order chi connectivity index (χ1) is 14.5. The highest BCUT2D eigenvalue weighted by Gasteiger charge is 2.27. The van der Waals surface area contributed by atoms with E-state index in [1.54, 1.807) is 24.3 Å². The number of rotatable bonds is 7. The molecule has 2 aromatic rings. The van der Waals surface area contributed by atoms with E-state index in [4.69, 9.17) is 14.2 Å². The third-order valence-corrected chi connectivity index (χ3v) is 4.29. The van der Waals surface area contributed by atoms with Crippen LogP contribution in [0, 0.1) is 0 Å². The van der Waals surface area contributed by atoms with Crippen molar-refractivity contribution in [2.45, 2.75) is 0 Å². The minimum atomic E-state index is -1.24. The van der Waals surface area contributed by atoms with E-state index in [2.05, 4.69) is 10.5 Å². The molecule has 0 saturated heterocycles. The predicted molar refractivity (Wildman–Crippen MR) is 107 cm³/mol. The third kappa shape index (κ3) is 4.17. The molecule has 0 saturated carbocycles. The molecule has 2 N–H and O–H groups in total. The summed E-state index contributed by atoms with van der Waals surface area (Å²) >= 11 is 0. The van der Waals surface area contributed by atoms with Gasteiger partial charge in [-0.3, -0.25) is 14.5 Å². The van der Waals surface area contributed by atoms with Gasteiger partial charge in [-0.05, 0) is 24.3 Å². The summed E-state index contributed by atoms with van der Waals surface area (Å²) in [7, 11) is 2.72. The van der Waals surface area contributed by atoms with Gasteiger partial charge in [0.25, 0.3) is 11.8 Å². The molecule has 2 aromatic carbocycles. The smallest absolute Gasteiger partial charge is 0.340 e. The molecule has 0 radical (unpaired) electrons. The second-order valence-corrected chi connectivity index (χ2v) is 6.10. The van der Waals surface area contributed by atoms with Gasteiger partial charge in [0.05, 0.1) is 26.1 Å². The highest BCUT2D eigenvalue weighted by Crippen LogP contribution is 2.33. The van der Waals surface area contributed by atoms with Crippen LogP contribution in [0.2, 0.25) is 0 Å². The molecule has 1 aliphatic heterocycles. The fourth-order valence-corrected chi connectivity index (χ4v) is 2.95. The molecule has 3 rings (SSSR count). The van der Waals surface area contributed by atoms with E-state index >= 15 is 0 Å². The molecule has 10 heteroatoms. The van der Waals surface area contributed by atoms with Crippen LogP contribution in [-0.4, -0.2) is 56.5 Å². The Bertz CT molecular complexity index is 1020. The van der Waals surface area contributed by atoms with Crippen molar-refractivity contribution in [2.75, 3.05) is 32.3 Å². The largest absolute Gasteiger partial charge is 0.493 e. The fourth-order valence-electron chi connectivity index (χ4n) is 2.95. The number of nitrogens with one attached hydrogen (secondary N) is 1. The lowest BCUT2D eigenvalue weighted by molar-refractivity contribution is -0.125. The number of benzene rings is 2. The Morgan fingerprint density at radius 2 is 2.00 bits per heavy atom. The van der Waals surface area contributed by atoms with E-state index in [9.17, 15) is 19.5 Å². The van der Waals surface area contributed by atoms with Gasteiger partial charge in [0, 0.05) is 5.56 Å². The van der Waals surface area contributed by atoms with Crippen LogP contribution in [0.25, 0.3) is 0 Å². The van der Waals surface area contributed by atoms with Crippen molar-refractivity contribution in [2.24, 2.45) is 5.10 Å². The summed E-state index contributed by atoms with van der Waals surface area (Å²) in [5.41, 5.74) is 2.82. The Morgan fingerprint density at radius 3 is 2.70 bits per heavy atom. The van der Waals surface area contributed by atoms with Gasteiger partial charge in [-0.1, -0.05) is 12.1 Å². The van der Waals surface area contributed by atoms with Crippen molar-refractivity contribution in [1.29, 1.82) is 0 Å². The monoisotopic (exact) mass is 413 g/mol. The number of anilines is 1. The summed E-state index contributed by atoms with van der Waals surface area (Å²) in [6.07, 6.45) is 1.18. The maximum atomic E-state index is 12.3. The number of carboxylic acids is 1. The van der Waals surface area contributed by atoms with Gasteiger partial charge in [0.15, 0.2) is 18.1 Å². The number of ether oxygens (including phenoxy) is 3. The van der Waals surface area contributed by atoms with Gasteiger partial charge in [0.2, 0.25) is 0 Å². The van der Waals surface area contributed by atoms with Crippen molar-refractivity contribution >= 4 is 29.7 Å². The molecule has 0 bridgehead atoms. The van der Waals surface area contributed by atoms with Crippen LogP contribution in [0.1, 0.15) is 15.9 Å². The number of aromatic carboxylic acids is 1. The number of fused-ring (bicyclic) bond motifs is 1. The minimum absolute atomic E-state index is 0.0378. The Labute approximate surface area is 171 Å². The highest BCUT2D eigenvalue weighted by atomic mass is 16.5. The van der Waals surface area contributed by atoms with Crippen LogP contribution in [0.3, 0.4) is 0 Å². The summed E-state index contributed by atoms with van der Waals surface area (Å²) in [5.74, 6) is -1.37. The van der Waals surface area contributed by atoms with E-state index in [0.717, 1.165) is 0 Å². The van der Waals surface area contributed by atoms with E-state index in [1.807, 2.05) is 0 Å². The Balaban J connectivity index is 1.74. The van der Waals surface area contributed by atoms with Crippen LogP contribution in [0.4, 0.5) is 5.69 Å². The van der Waals surface area contributed by atoms with E-state index < -0.39 is 11.9 Å². The Morgan fingerprint density at radius 1 is 1.23 bits per heavy atom. The molecule has 0 aliphatic carbocycles. The van der Waals surface area contributed by atoms with Crippen LogP contribution in [0.15, 0.2) is 41.5 Å². The van der Waals surface area contributed by atoms with Crippen LogP contribution >= 0.6 is 0 Å². The van der Waals surface area contributed by atoms with Crippen molar-refractivity contribution in [1.82, 2.24) is 5.43 Å². The standard InChI is InChI=1S/C20H19N3O7/c1-28-15-8-7-12(18(20(26)27)19(15)29-2)9-21-22-16(24)10-23-13-5-3-4-6-14(13)30-11-17(23)25/h3-9H,10-11H2,1-2H3,(H,22,24)(H,26,27)/b21-9-. The van der Waals surface area contributed by atoms with Crippen molar-refractivity contribution < 1.29 is 33.7 Å². The molecule has 0 fully saturated rings. The zero-order valence-electron chi connectivity index (χ0n) is 16.2. The van der Waals surface area contributed by atoms with Crippen molar-refractivity contribution in [3.05, 3.63) is 47.5 Å². The number of hydrogen-bond donors (Lipinski definition) is 2. The molecular weight excluding hydrogens is 394 g/mol. The number of carbonyl (C=O) groups excluding carboxylic acids is 2. The summed E-state index contributed by atoms with van der Waals surface area (Å²) in [5, 5.41) is 13.3. The first-order valence-corrected chi connectivity index (χ1v) is 8.78. The van der Waals surface area contributed by atoms with Gasteiger partial charge >= 0.3 is 5.97 Å². The summed E-state index contributed by atoms with van der Waals surface area (Å²) < 4.78 is 15.6. The predicted octanol–water partition coefficient (Wildman–Crippen LogP) is 1.28. The number of methoxy groups -OCH3 is 2. The topological polar surface area (TPSA) is 127 Å². The SMILES string of the molecule is COc1ccc(/C=N\NC(=O)CN2C(=O)COc3ccccc32)c(C(=O)O)c1OC. The molecule has 10 nitrogen and oxygen atoms in total. The van der Waals surface area contributed by atoms with Crippen LogP contribution in [-0.2, 0) is 9.59 Å². The average Bonchev–Trinajstić information content (AvgIpc) is 2.75. The van der Waals surface area contributed by atoms with E-state index in [-0.39, 0.29) is 41.7 Å². The normalized spacial score (nSPS) is 12.9. The molecule has 0 unspecified atom stereocenters. The summed E-state index contributed by atoms with van der Waals surface area (Å²) in [6.45, 7) is -0.435. The molecule has 0 atom stereocenters. The highest BCUT2D eigenvalue weighted by molar-refractivity contribution is 6.03. The fraction of sp³-hybridized carbons (Fsp3) is 0.200. The number of amides is 2. The number of carbonyl (C=O) groups is 3. The van der Waals surface area contributed by atoms with Gasteiger partial charge in [-0.25, -0.2) is 10.2 Å². The van der Waals surface area contributed by atoms with Gasteiger partial charge in [-0.15, -0.1) is 0 Å². The molecule has 1 heterocycles. The van der Waals surface area contributed by atoms with E-state index in [1.165, 1.54) is 37.5 Å². The Hall–Kier alpha value is -4.08. The van der Waals surface area contributed by atoms with Crippen molar-refractivity contribution in [3.8, 4) is 17.2 Å². The van der Waals surface area contributed by atoms with Gasteiger partial charge in [0.1, 0.15) is 17.9 Å². The average molecular weight is 413 g/mol. The molecular formula is C20H19N3O7. The maximum absolute atomic E-state index is 12.3. The molecule has 30 heavy (non-hydrogen) atoms. The quantitative estimate of drug-likeness (QED) is 0.517. The summed E-state index contributed by atoms with van der Waals surface area (Å²) in [4.78, 5) is 37.3. The van der Waals surface area contributed by atoms with Crippen LogP contribution in [0.5, 0.6) is 17.2 Å². The summed E-state index contributed by atoms with van der Waals surface area (Å²) in [6, 6.07) is 9.87. The zero-order chi connectivity index (χ0) is 21.7. The van der Waals surface area contributed by atoms with E-state index in [0.29, 0.717) is 11.4 Å². The first kappa shape index (κ1) is 20.6. The number of para-hydroxylation sites is 2. The van der Waals surface area contributed by atoms with Crippen LogP contribution < -0.4 is 24.5 Å². The molecule has 1 aliphatic rings. The number of hydrogen-bond acceptors (Lipinski definition) is 7. The van der Waals surface area contributed by atoms with Crippen molar-refractivity contribution in [3.63, 3.8) is 0 Å². The second kappa shape index (κ2) is 8.95. The third-order valence-electron chi connectivity index (χ3n) is 4.29. The molecule has 156 valence electrons. The Kier molecular flexibility index (Phi) is 6.16. The number of carboxylic acid groups (broad SMARTS) is 1. The number of nitrogens with zero attached hydrogens (tertiary/aromatic N) is 2. The minimum Gasteiger partial charge on any atom is -0.493 e. The maximum Gasteiger partial charge on any atom is 0.340 e. The lowest BCUT2D eigenvalue weighted by atomic mass is 10.1. The molecule has 0 aromatic heterocycles. The molecule has 0 spiro atoms. The van der Waals surface area contributed by atoms with Gasteiger partial charge in [-0.2, -0.15) is 5.10 Å². The first-order valence-electron chi connectivity index (χ1n) is 8.78. The lowest BCUT2D eigenvalue weighted by Crippen LogP contribution is -2.44. The lowest BCUT2D eigenvalue weighted by Gasteiger charge is -2.28.